The standard InChI is InChI=1S/C14H7F5N2/c15-10-9(11(16)13(18)14(19)12(10)17)8(6-20)21-7-4-2-1-3-5-7/h1-5,8,21H/t8-/m1/s1. The number of halogens is 5. The molecule has 7 heteroatoms. The van der Waals surface area contributed by atoms with Gasteiger partial charge in [-0.05, 0) is 12.1 Å². The molecule has 1 atom stereocenters. The maximum Gasteiger partial charge on any atom is 0.200 e. The molecule has 0 heterocycles. The number of rotatable bonds is 3. The molecule has 21 heavy (non-hydrogen) atoms. The van der Waals surface area contributed by atoms with Gasteiger partial charge in [0.25, 0.3) is 0 Å². The van der Waals surface area contributed by atoms with E-state index in [1.54, 1.807) is 18.2 Å². The normalized spacial score (nSPS) is 11.8. The minimum Gasteiger partial charge on any atom is -0.366 e. The number of hydrogen-bond donors (Lipinski definition) is 1. The molecular formula is C14H7F5N2. The predicted molar refractivity (Wildman–Crippen MR) is 64.7 cm³/mol. The van der Waals surface area contributed by atoms with Crippen LogP contribution in [0.4, 0.5) is 27.6 Å². The summed E-state index contributed by atoms with van der Waals surface area (Å²) in [6.45, 7) is 0. The highest BCUT2D eigenvalue weighted by molar-refractivity contribution is 5.47. The second kappa shape index (κ2) is 5.79. The van der Waals surface area contributed by atoms with E-state index in [1.165, 1.54) is 18.2 Å². The third-order valence-corrected chi connectivity index (χ3v) is 2.75. The highest BCUT2D eigenvalue weighted by Gasteiger charge is 2.30. The zero-order valence-corrected chi connectivity index (χ0v) is 10.3. The molecule has 0 bridgehead atoms. The Balaban J connectivity index is 2.51. The summed E-state index contributed by atoms with van der Waals surface area (Å²) >= 11 is 0. The van der Waals surface area contributed by atoms with Crippen LogP contribution in [0.3, 0.4) is 0 Å². The van der Waals surface area contributed by atoms with Crippen LogP contribution < -0.4 is 5.32 Å². The molecule has 0 spiro atoms. The van der Waals surface area contributed by atoms with E-state index in [9.17, 15) is 22.0 Å². The lowest BCUT2D eigenvalue weighted by atomic mass is 10.0. The molecule has 0 unspecified atom stereocenters. The first-order valence-electron chi connectivity index (χ1n) is 5.70. The van der Waals surface area contributed by atoms with Crippen LogP contribution in [-0.2, 0) is 0 Å². The van der Waals surface area contributed by atoms with Crippen molar-refractivity contribution in [1.82, 2.24) is 0 Å². The van der Waals surface area contributed by atoms with Gasteiger partial charge in [0, 0.05) is 5.69 Å². The van der Waals surface area contributed by atoms with Crippen LogP contribution in [0.1, 0.15) is 11.6 Å². The van der Waals surface area contributed by atoms with Crippen molar-refractivity contribution < 1.29 is 22.0 Å². The van der Waals surface area contributed by atoms with Crippen molar-refractivity contribution in [2.24, 2.45) is 0 Å². The Bertz CT molecular complexity index is 681. The Morgan fingerprint density at radius 2 is 1.29 bits per heavy atom. The highest BCUT2D eigenvalue weighted by atomic mass is 19.2. The first kappa shape index (κ1) is 14.8. The summed E-state index contributed by atoms with van der Waals surface area (Å²) in [4.78, 5) is 0. The van der Waals surface area contributed by atoms with Gasteiger partial charge in [-0.1, -0.05) is 18.2 Å². The summed E-state index contributed by atoms with van der Waals surface area (Å²) in [7, 11) is 0. The topological polar surface area (TPSA) is 35.8 Å². The number of para-hydroxylation sites is 1. The maximum atomic E-state index is 13.6. The molecule has 0 radical (unpaired) electrons. The molecule has 108 valence electrons. The van der Waals surface area contributed by atoms with E-state index in [4.69, 9.17) is 5.26 Å². The van der Waals surface area contributed by atoms with Crippen molar-refractivity contribution in [1.29, 1.82) is 5.26 Å². The van der Waals surface area contributed by atoms with E-state index < -0.39 is 40.7 Å². The molecule has 0 saturated carbocycles. The highest BCUT2D eigenvalue weighted by Crippen LogP contribution is 2.29. The fourth-order valence-corrected chi connectivity index (χ4v) is 1.75. The van der Waals surface area contributed by atoms with E-state index in [2.05, 4.69) is 5.32 Å². The monoisotopic (exact) mass is 298 g/mol. The summed E-state index contributed by atoms with van der Waals surface area (Å²) in [5, 5.41) is 11.4. The lowest BCUT2D eigenvalue weighted by Crippen LogP contribution is -2.16. The van der Waals surface area contributed by atoms with Gasteiger partial charge in [-0.3, -0.25) is 0 Å². The fraction of sp³-hybridized carbons (Fsp3) is 0.0714. The first-order chi connectivity index (χ1) is 9.97. The molecular weight excluding hydrogens is 291 g/mol. The zero-order chi connectivity index (χ0) is 15.6. The minimum absolute atomic E-state index is 0.299. The van der Waals surface area contributed by atoms with Crippen molar-refractivity contribution in [3.8, 4) is 6.07 Å². The van der Waals surface area contributed by atoms with Crippen LogP contribution in [0.5, 0.6) is 0 Å². The molecule has 2 aromatic rings. The number of nitrogens with one attached hydrogen (secondary N) is 1. The molecule has 2 aromatic carbocycles. The Morgan fingerprint density at radius 1 is 0.810 bits per heavy atom. The number of nitriles is 1. The van der Waals surface area contributed by atoms with E-state index >= 15 is 0 Å². The predicted octanol–water partition coefficient (Wildman–Crippen LogP) is 4.06. The Morgan fingerprint density at radius 3 is 1.76 bits per heavy atom. The lowest BCUT2D eigenvalue weighted by molar-refractivity contribution is 0.369. The zero-order valence-electron chi connectivity index (χ0n) is 10.3. The van der Waals surface area contributed by atoms with Crippen molar-refractivity contribution in [3.05, 3.63) is 65.0 Å². The summed E-state index contributed by atoms with van der Waals surface area (Å²) in [6.07, 6.45) is 0. The first-order valence-corrected chi connectivity index (χ1v) is 5.70. The van der Waals surface area contributed by atoms with Crippen molar-refractivity contribution in [2.75, 3.05) is 5.32 Å². The molecule has 0 aromatic heterocycles. The van der Waals surface area contributed by atoms with Crippen LogP contribution in [0.15, 0.2) is 30.3 Å². The average molecular weight is 298 g/mol. The third kappa shape index (κ3) is 2.65. The summed E-state index contributed by atoms with van der Waals surface area (Å²) in [5.74, 6) is -10.5. The Hall–Kier alpha value is -2.62. The smallest absolute Gasteiger partial charge is 0.200 e. The average Bonchev–Trinajstić information content (AvgIpc) is 2.51. The SMILES string of the molecule is N#C[C@@H](Nc1ccccc1)c1c(F)c(F)c(F)c(F)c1F. The van der Waals surface area contributed by atoms with Gasteiger partial charge in [-0.15, -0.1) is 0 Å². The molecule has 2 rings (SSSR count). The van der Waals surface area contributed by atoms with Crippen molar-refractivity contribution in [3.63, 3.8) is 0 Å². The van der Waals surface area contributed by atoms with E-state index in [-0.39, 0.29) is 0 Å². The minimum atomic E-state index is -2.26. The summed E-state index contributed by atoms with van der Waals surface area (Å²) < 4.78 is 66.5. The molecule has 0 aliphatic heterocycles. The molecule has 2 nitrogen and oxygen atoms in total. The van der Waals surface area contributed by atoms with Crippen molar-refractivity contribution >= 4 is 5.69 Å². The molecule has 0 saturated heterocycles. The molecule has 0 amide bonds. The summed E-state index contributed by atoms with van der Waals surface area (Å²) in [5.41, 5.74) is -0.911. The molecule has 1 N–H and O–H groups in total. The van der Waals surface area contributed by atoms with E-state index in [1.807, 2.05) is 0 Å². The van der Waals surface area contributed by atoms with E-state index in [0.29, 0.717) is 5.69 Å². The number of anilines is 1. The molecule has 0 fully saturated rings. The van der Waals surface area contributed by atoms with Crippen LogP contribution >= 0.6 is 0 Å². The Labute approximate surface area is 116 Å². The van der Waals surface area contributed by atoms with Gasteiger partial charge in [0.15, 0.2) is 23.3 Å². The van der Waals surface area contributed by atoms with Crippen LogP contribution in [0.2, 0.25) is 0 Å². The van der Waals surface area contributed by atoms with Crippen LogP contribution in [0, 0.1) is 40.4 Å². The van der Waals surface area contributed by atoms with Gasteiger partial charge in [0.05, 0.1) is 11.6 Å². The van der Waals surface area contributed by atoms with Crippen molar-refractivity contribution in [2.45, 2.75) is 6.04 Å². The lowest BCUT2D eigenvalue weighted by Gasteiger charge is -2.15. The summed E-state index contributed by atoms with van der Waals surface area (Å²) in [6, 6.07) is 7.53. The number of hydrogen-bond acceptors (Lipinski definition) is 2. The number of benzene rings is 2. The van der Waals surface area contributed by atoms with Gasteiger partial charge in [0.1, 0.15) is 6.04 Å². The van der Waals surface area contributed by atoms with Crippen LogP contribution in [-0.4, -0.2) is 0 Å². The van der Waals surface area contributed by atoms with Gasteiger partial charge < -0.3 is 5.32 Å². The van der Waals surface area contributed by atoms with Gasteiger partial charge in [-0.2, -0.15) is 5.26 Å². The number of nitrogens with zero attached hydrogens (tertiary/aromatic N) is 1. The maximum absolute atomic E-state index is 13.6. The molecule has 0 aliphatic rings. The van der Waals surface area contributed by atoms with Gasteiger partial charge >= 0.3 is 0 Å². The van der Waals surface area contributed by atoms with Gasteiger partial charge in [-0.25, -0.2) is 22.0 Å². The molecule has 0 aliphatic carbocycles. The largest absolute Gasteiger partial charge is 0.366 e. The second-order valence-electron chi connectivity index (χ2n) is 4.06. The fourth-order valence-electron chi connectivity index (χ4n) is 1.75. The van der Waals surface area contributed by atoms with Crippen LogP contribution in [0.25, 0.3) is 0 Å². The quantitative estimate of drug-likeness (QED) is 0.527. The second-order valence-corrected chi connectivity index (χ2v) is 4.06. The van der Waals surface area contributed by atoms with E-state index in [0.717, 1.165) is 0 Å². The van der Waals surface area contributed by atoms with Gasteiger partial charge in [0.2, 0.25) is 5.82 Å². The Kier molecular flexibility index (Phi) is 4.08. The third-order valence-electron chi connectivity index (χ3n) is 2.75.